The number of ether oxygens (including phenoxy) is 1. The first-order chi connectivity index (χ1) is 10.3. The van der Waals surface area contributed by atoms with E-state index < -0.39 is 0 Å². The van der Waals surface area contributed by atoms with Crippen molar-refractivity contribution in [2.24, 2.45) is 0 Å². The zero-order chi connectivity index (χ0) is 14.9. The molecule has 0 aliphatic heterocycles. The number of carbonyl (C=O) groups is 1. The van der Waals surface area contributed by atoms with Crippen LogP contribution in [0.3, 0.4) is 0 Å². The van der Waals surface area contributed by atoms with Gasteiger partial charge in [-0.05, 0) is 0 Å². The molecule has 0 bridgehead atoms. The van der Waals surface area contributed by atoms with Gasteiger partial charge >= 0.3 is 0 Å². The van der Waals surface area contributed by atoms with Crippen LogP contribution in [-0.4, -0.2) is 49.5 Å². The molecule has 1 aromatic heterocycles. The SMILES string of the molecule is COCCNCCNC(=O)c1cn[nH]c1-c1ccccc1. The maximum absolute atomic E-state index is 12.2. The molecule has 2 rings (SSSR count). The second kappa shape index (κ2) is 8.18. The van der Waals surface area contributed by atoms with Crippen molar-refractivity contribution in [2.75, 3.05) is 33.4 Å². The smallest absolute Gasteiger partial charge is 0.255 e. The Hall–Kier alpha value is -2.18. The number of amides is 1. The summed E-state index contributed by atoms with van der Waals surface area (Å²) >= 11 is 0. The summed E-state index contributed by atoms with van der Waals surface area (Å²) in [6.45, 7) is 2.69. The summed E-state index contributed by atoms with van der Waals surface area (Å²) in [5, 5.41) is 12.9. The number of nitrogens with zero attached hydrogens (tertiary/aromatic N) is 1. The highest BCUT2D eigenvalue weighted by molar-refractivity contribution is 5.99. The van der Waals surface area contributed by atoms with Crippen LogP contribution in [0.4, 0.5) is 0 Å². The zero-order valence-electron chi connectivity index (χ0n) is 12.1. The van der Waals surface area contributed by atoms with E-state index in [1.54, 1.807) is 13.3 Å². The number of hydrogen-bond donors (Lipinski definition) is 3. The van der Waals surface area contributed by atoms with Crippen molar-refractivity contribution in [1.82, 2.24) is 20.8 Å². The Kier molecular flexibility index (Phi) is 5.93. The standard InChI is InChI=1S/C15H20N4O2/c1-21-10-9-16-7-8-17-15(20)13-11-18-19-14(13)12-5-3-2-4-6-12/h2-6,11,16H,7-10H2,1H3,(H,17,20)(H,18,19). The highest BCUT2D eigenvalue weighted by Gasteiger charge is 2.14. The molecule has 3 N–H and O–H groups in total. The van der Waals surface area contributed by atoms with Gasteiger partial charge in [-0.1, -0.05) is 30.3 Å². The van der Waals surface area contributed by atoms with Gasteiger partial charge in [0, 0.05) is 32.3 Å². The summed E-state index contributed by atoms with van der Waals surface area (Å²) in [6, 6.07) is 9.67. The summed E-state index contributed by atoms with van der Waals surface area (Å²) in [5.41, 5.74) is 2.23. The first-order valence-electron chi connectivity index (χ1n) is 6.89. The average molecular weight is 288 g/mol. The van der Waals surface area contributed by atoms with E-state index in [9.17, 15) is 4.79 Å². The minimum absolute atomic E-state index is 0.129. The molecule has 0 aliphatic rings. The first-order valence-corrected chi connectivity index (χ1v) is 6.89. The molecule has 1 amide bonds. The maximum Gasteiger partial charge on any atom is 0.255 e. The van der Waals surface area contributed by atoms with Gasteiger partial charge in [0.25, 0.3) is 5.91 Å². The molecular formula is C15H20N4O2. The van der Waals surface area contributed by atoms with E-state index in [2.05, 4.69) is 20.8 Å². The van der Waals surface area contributed by atoms with Crippen LogP contribution in [0.1, 0.15) is 10.4 Å². The van der Waals surface area contributed by atoms with Crippen molar-refractivity contribution in [3.8, 4) is 11.3 Å². The molecule has 0 aliphatic carbocycles. The molecule has 0 saturated heterocycles. The van der Waals surface area contributed by atoms with E-state index in [0.717, 1.165) is 17.8 Å². The lowest BCUT2D eigenvalue weighted by molar-refractivity contribution is 0.0954. The predicted octanol–water partition coefficient (Wildman–Crippen LogP) is 1.04. The lowest BCUT2D eigenvalue weighted by atomic mass is 10.1. The number of benzene rings is 1. The maximum atomic E-state index is 12.2. The van der Waals surface area contributed by atoms with Crippen molar-refractivity contribution in [3.63, 3.8) is 0 Å². The summed E-state index contributed by atoms with van der Waals surface area (Å²) in [4.78, 5) is 12.2. The van der Waals surface area contributed by atoms with Gasteiger partial charge in [0.15, 0.2) is 0 Å². The molecule has 0 atom stereocenters. The van der Waals surface area contributed by atoms with E-state index >= 15 is 0 Å². The number of rotatable bonds is 8. The average Bonchev–Trinajstić information content (AvgIpc) is 3.01. The van der Waals surface area contributed by atoms with Crippen molar-refractivity contribution >= 4 is 5.91 Å². The van der Waals surface area contributed by atoms with Crippen LogP contribution < -0.4 is 10.6 Å². The molecule has 0 saturated carbocycles. The number of H-pyrrole nitrogens is 1. The number of aromatic amines is 1. The van der Waals surface area contributed by atoms with E-state index in [1.807, 2.05) is 30.3 Å². The van der Waals surface area contributed by atoms with Crippen LogP contribution in [0.25, 0.3) is 11.3 Å². The summed E-state index contributed by atoms with van der Waals surface area (Å²) in [6.07, 6.45) is 1.55. The molecule has 1 heterocycles. The second-order valence-electron chi connectivity index (χ2n) is 4.52. The third kappa shape index (κ3) is 4.40. The number of methoxy groups -OCH3 is 1. The van der Waals surface area contributed by atoms with Crippen LogP contribution in [0.5, 0.6) is 0 Å². The Morgan fingerprint density at radius 3 is 2.81 bits per heavy atom. The normalized spacial score (nSPS) is 10.5. The molecule has 0 unspecified atom stereocenters. The minimum Gasteiger partial charge on any atom is -0.383 e. The Labute approximate surface area is 123 Å². The minimum atomic E-state index is -0.129. The van der Waals surface area contributed by atoms with Crippen molar-refractivity contribution in [2.45, 2.75) is 0 Å². The summed E-state index contributed by atoms with van der Waals surface area (Å²) in [7, 11) is 1.66. The quantitative estimate of drug-likeness (QED) is 0.634. The lowest BCUT2D eigenvalue weighted by Gasteiger charge is -2.07. The summed E-state index contributed by atoms with van der Waals surface area (Å²) in [5.74, 6) is -0.129. The monoisotopic (exact) mass is 288 g/mol. The van der Waals surface area contributed by atoms with E-state index in [1.165, 1.54) is 0 Å². The number of aromatic nitrogens is 2. The topological polar surface area (TPSA) is 79.0 Å². The van der Waals surface area contributed by atoms with E-state index in [0.29, 0.717) is 25.3 Å². The lowest BCUT2D eigenvalue weighted by Crippen LogP contribution is -2.33. The van der Waals surface area contributed by atoms with Crippen molar-refractivity contribution in [1.29, 1.82) is 0 Å². The van der Waals surface area contributed by atoms with Crippen LogP contribution >= 0.6 is 0 Å². The number of hydrogen-bond acceptors (Lipinski definition) is 4. The van der Waals surface area contributed by atoms with Gasteiger partial charge in [-0.3, -0.25) is 9.89 Å². The van der Waals surface area contributed by atoms with Gasteiger partial charge in [-0.15, -0.1) is 0 Å². The fraction of sp³-hybridized carbons (Fsp3) is 0.333. The Balaban J connectivity index is 1.88. The molecule has 0 radical (unpaired) electrons. The second-order valence-corrected chi connectivity index (χ2v) is 4.52. The van der Waals surface area contributed by atoms with Crippen LogP contribution in [0.2, 0.25) is 0 Å². The first kappa shape index (κ1) is 15.2. The molecule has 6 nitrogen and oxygen atoms in total. The molecule has 2 aromatic rings. The third-order valence-corrected chi connectivity index (χ3v) is 3.02. The van der Waals surface area contributed by atoms with Gasteiger partial charge in [0.2, 0.25) is 0 Å². The largest absolute Gasteiger partial charge is 0.383 e. The van der Waals surface area contributed by atoms with Crippen molar-refractivity contribution < 1.29 is 9.53 Å². The zero-order valence-corrected chi connectivity index (χ0v) is 12.1. The van der Waals surface area contributed by atoms with Gasteiger partial charge in [-0.25, -0.2) is 0 Å². The molecular weight excluding hydrogens is 268 g/mol. The van der Waals surface area contributed by atoms with Gasteiger partial charge in [0.1, 0.15) is 0 Å². The highest BCUT2D eigenvalue weighted by atomic mass is 16.5. The van der Waals surface area contributed by atoms with Crippen LogP contribution in [0.15, 0.2) is 36.5 Å². The van der Waals surface area contributed by atoms with Crippen LogP contribution in [0, 0.1) is 0 Å². The molecule has 6 heteroatoms. The molecule has 0 spiro atoms. The molecule has 21 heavy (non-hydrogen) atoms. The van der Waals surface area contributed by atoms with Gasteiger partial charge in [0.05, 0.1) is 24.1 Å². The van der Waals surface area contributed by atoms with Crippen molar-refractivity contribution in [3.05, 3.63) is 42.1 Å². The third-order valence-electron chi connectivity index (χ3n) is 3.02. The van der Waals surface area contributed by atoms with E-state index in [-0.39, 0.29) is 5.91 Å². The Morgan fingerprint density at radius 1 is 1.24 bits per heavy atom. The van der Waals surface area contributed by atoms with Crippen LogP contribution in [-0.2, 0) is 4.74 Å². The number of carbonyl (C=O) groups excluding carboxylic acids is 1. The fourth-order valence-corrected chi connectivity index (χ4v) is 1.94. The van der Waals surface area contributed by atoms with Gasteiger partial charge < -0.3 is 15.4 Å². The predicted molar refractivity (Wildman–Crippen MR) is 81.1 cm³/mol. The molecule has 0 fully saturated rings. The molecule has 112 valence electrons. The fourth-order valence-electron chi connectivity index (χ4n) is 1.94. The van der Waals surface area contributed by atoms with E-state index in [4.69, 9.17) is 4.74 Å². The number of nitrogens with one attached hydrogen (secondary N) is 3. The highest BCUT2D eigenvalue weighted by Crippen LogP contribution is 2.20. The Bertz CT molecular complexity index is 554. The van der Waals surface area contributed by atoms with Gasteiger partial charge in [-0.2, -0.15) is 5.10 Å². The summed E-state index contributed by atoms with van der Waals surface area (Å²) < 4.78 is 4.93. The molecule has 1 aromatic carbocycles. The Morgan fingerprint density at radius 2 is 2.05 bits per heavy atom.